The number of anilines is 1. The van der Waals surface area contributed by atoms with Crippen LogP contribution in [0.5, 0.6) is 0 Å². The molecule has 1 aliphatic rings. The molecule has 0 amide bonds. The highest BCUT2D eigenvalue weighted by atomic mass is 35.5. The number of aliphatic hydroxyl groups excluding tert-OH is 1. The second-order valence-electron chi connectivity index (χ2n) is 5.12. The maximum atomic E-state index is 9.92. The van der Waals surface area contributed by atoms with Crippen molar-refractivity contribution in [2.24, 2.45) is 0 Å². The van der Waals surface area contributed by atoms with Gasteiger partial charge in [-0.1, -0.05) is 17.7 Å². The molecule has 1 N–H and O–H groups in total. The van der Waals surface area contributed by atoms with Crippen molar-refractivity contribution in [3.63, 3.8) is 0 Å². The lowest BCUT2D eigenvalue weighted by atomic mass is 10.1. The molecule has 2 rings (SSSR count). The Balaban J connectivity index is 1.80. The number of β-amino-alcohol motifs (C(OH)–C–C–N with tert-alkyl or cyclic N) is 1. The van der Waals surface area contributed by atoms with E-state index < -0.39 is 0 Å². The molecular weight excluding hydrogens is 274 g/mol. The Hall–Kier alpha value is -1.10. The number of aliphatic hydroxyl groups is 1. The summed E-state index contributed by atoms with van der Waals surface area (Å²) in [5.74, 6) is 0.862. The van der Waals surface area contributed by atoms with Gasteiger partial charge in [-0.25, -0.2) is 4.98 Å². The minimum Gasteiger partial charge on any atom is -0.392 e. The molecule has 0 spiro atoms. The molecular formula is C15H22ClN3O. The SMILES string of the molecule is C=CCCC(O)CN1CCN(c2ncccc2Cl)CC1. The average Bonchev–Trinajstić information content (AvgIpc) is 2.47. The third kappa shape index (κ3) is 4.20. The summed E-state index contributed by atoms with van der Waals surface area (Å²) < 4.78 is 0. The highest BCUT2D eigenvalue weighted by Gasteiger charge is 2.21. The Labute approximate surface area is 125 Å². The lowest BCUT2D eigenvalue weighted by Gasteiger charge is -2.36. The lowest BCUT2D eigenvalue weighted by molar-refractivity contribution is 0.103. The number of hydrogen-bond donors (Lipinski definition) is 1. The maximum Gasteiger partial charge on any atom is 0.147 e. The van der Waals surface area contributed by atoms with E-state index in [4.69, 9.17) is 11.6 Å². The molecule has 0 bridgehead atoms. The molecule has 0 saturated carbocycles. The summed E-state index contributed by atoms with van der Waals surface area (Å²) in [6, 6.07) is 3.72. The fourth-order valence-corrected chi connectivity index (χ4v) is 2.69. The number of hydrogen-bond acceptors (Lipinski definition) is 4. The van der Waals surface area contributed by atoms with Gasteiger partial charge in [-0.2, -0.15) is 0 Å². The van der Waals surface area contributed by atoms with Gasteiger partial charge < -0.3 is 10.0 Å². The highest BCUT2D eigenvalue weighted by molar-refractivity contribution is 6.32. The van der Waals surface area contributed by atoms with Gasteiger partial charge in [0.2, 0.25) is 0 Å². The molecule has 110 valence electrons. The Morgan fingerprint density at radius 1 is 1.40 bits per heavy atom. The van der Waals surface area contributed by atoms with Crippen molar-refractivity contribution in [2.75, 3.05) is 37.6 Å². The molecule has 2 heterocycles. The normalized spacial score (nSPS) is 18.0. The fourth-order valence-electron chi connectivity index (χ4n) is 2.45. The van der Waals surface area contributed by atoms with Crippen LogP contribution in [0.25, 0.3) is 0 Å². The Bertz CT molecular complexity index is 433. The standard InChI is InChI=1S/C15H22ClN3O/c1-2-3-5-13(20)12-18-8-10-19(11-9-18)15-14(16)6-4-7-17-15/h2,4,6-7,13,20H,1,3,5,8-12H2. The van der Waals surface area contributed by atoms with E-state index in [1.807, 2.05) is 18.2 Å². The van der Waals surface area contributed by atoms with Crippen LogP contribution in [0.3, 0.4) is 0 Å². The summed E-state index contributed by atoms with van der Waals surface area (Å²) >= 11 is 6.17. The first-order valence-corrected chi connectivity index (χ1v) is 7.45. The van der Waals surface area contributed by atoms with Gasteiger partial charge in [0.25, 0.3) is 0 Å². The van der Waals surface area contributed by atoms with Crippen molar-refractivity contribution in [2.45, 2.75) is 18.9 Å². The second-order valence-corrected chi connectivity index (χ2v) is 5.52. The van der Waals surface area contributed by atoms with E-state index in [1.54, 1.807) is 6.20 Å². The zero-order chi connectivity index (χ0) is 14.4. The molecule has 1 aromatic heterocycles. The molecule has 1 saturated heterocycles. The van der Waals surface area contributed by atoms with E-state index >= 15 is 0 Å². The van der Waals surface area contributed by atoms with Crippen LogP contribution in [0.1, 0.15) is 12.8 Å². The van der Waals surface area contributed by atoms with Crippen LogP contribution < -0.4 is 4.90 Å². The summed E-state index contributed by atoms with van der Waals surface area (Å²) in [6.45, 7) is 8.06. The zero-order valence-corrected chi connectivity index (χ0v) is 12.5. The van der Waals surface area contributed by atoms with Crippen molar-refractivity contribution in [1.29, 1.82) is 0 Å². The first-order chi connectivity index (χ1) is 9.70. The minimum absolute atomic E-state index is 0.266. The fraction of sp³-hybridized carbons (Fsp3) is 0.533. The summed E-state index contributed by atoms with van der Waals surface area (Å²) in [4.78, 5) is 8.84. The van der Waals surface area contributed by atoms with E-state index in [1.165, 1.54) is 0 Å². The highest BCUT2D eigenvalue weighted by Crippen LogP contribution is 2.23. The van der Waals surface area contributed by atoms with Gasteiger partial charge >= 0.3 is 0 Å². The van der Waals surface area contributed by atoms with Crippen LogP contribution in [0, 0.1) is 0 Å². The molecule has 20 heavy (non-hydrogen) atoms. The molecule has 0 aromatic carbocycles. The summed E-state index contributed by atoms with van der Waals surface area (Å²) in [5, 5.41) is 10.6. The van der Waals surface area contributed by atoms with Gasteiger partial charge in [0.05, 0.1) is 11.1 Å². The zero-order valence-electron chi connectivity index (χ0n) is 11.7. The van der Waals surface area contributed by atoms with Gasteiger partial charge in [-0.15, -0.1) is 6.58 Å². The number of halogens is 1. The number of rotatable bonds is 6. The maximum absolute atomic E-state index is 9.92. The molecule has 1 atom stereocenters. The largest absolute Gasteiger partial charge is 0.392 e. The Morgan fingerprint density at radius 2 is 2.15 bits per heavy atom. The topological polar surface area (TPSA) is 39.6 Å². The van der Waals surface area contributed by atoms with Gasteiger partial charge in [-0.05, 0) is 25.0 Å². The molecule has 1 aromatic rings. The summed E-state index contributed by atoms with van der Waals surface area (Å²) in [5.41, 5.74) is 0. The van der Waals surface area contributed by atoms with Crippen molar-refractivity contribution in [1.82, 2.24) is 9.88 Å². The Morgan fingerprint density at radius 3 is 2.80 bits per heavy atom. The first kappa shape index (κ1) is 15.3. The third-order valence-corrected chi connectivity index (χ3v) is 3.88. The van der Waals surface area contributed by atoms with Crippen LogP contribution in [0.15, 0.2) is 31.0 Å². The molecule has 1 aliphatic heterocycles. The smallest absolute Gasteiger partial charge is 0.147 e. The van der Waals surface area contributed by atoms with Crippen molar-refractivity contribution >= 4 is 17.4 Å². The number of nitrogens with zero attached hydrogens (tertiary/aromatic N) is 3. The number of aromatic nitrogens is 1. The van der Waals surface area contributed by atoms with E-state index in [0.29, 0.717) is 5.02 Å². The van der Waals surface area contributed by atoms with Gasteiger partial charge in [0.1, 0.15) is 5.82 Å². The van der Waals surface area contributed by atoms with Crippen LogP contribution in [0.4, 0.5) is 5.82 Å². The van der Waals surface area contributed by atoms with Gasteiger partial charge in [-0.3, -0.25) is 4.90 Å². The van der Waals surface area contributed by atoms with Crippen molar-refractivity contribution in [3.05, 3.63) is 36.0 Å². The van der Waals surface area contributed by atoms with Crippen LogP contribution >= 0.6 is 11.6 Å². The summed E-state index contributed by atoms with van der Waals surface area (Å²) in [7, 11) is 0. The molecule has 0 radical (unpaired) electrons. The van der Waals surface area contributed by atoms with Crippen LogP contribution in [-0.4, -0.2) is 53.8 Å². The van der Waals surface area contributed by atoms with Crippen molar-refractivity contribution < 1.29 is 5.11 Å². The van der Waals surface area contributed by atoms with E-state index in [2.05, 4.69) is 21.4 Å². The first-order valence-electron chi connectivity index (χ1n) is 7.07. The lowest BCUT2D eigenvalue weighted by Crippen LogP contribution is -2.48. The number of piperazine rings is 1. The number of pyridine rings is 1. The molecule has 0 aliphatic carbocycles. The van der Waals surface area contributed by atoms with Gasteiger partial charge in [0, 0.05) is 38.9 Å². The quantitative estimate of drug-likeness (QED) is 0.817. The van der Waals surface area contributed by atoms with E-state index in [9.17, 15) is 5.11 Å². The summed E-state index contributed by atoms with van der Waals surface area (Å²) in [6.07, 6.45) is 5.01. The van der Waals surface area contributed by atoms with Crippen molar-refractivity contribution in [3.8, 4) is 0 Å². The molecule has 1 unspecified atom stereocenters. The second kappa shape index (κ2) is 7.62. The number of allylic oxidation sites excluding steroid dienone is 1. The van der Waals surface area contributed by atoms with E-state index in [0.717, 1.165) is 51.4 Å². The predicted octanol–water partition coefficient (Wildman–Crippen LogP) is 2.18. The molecule has 1 fully saturated rings. The molecule has 4 nitrogen and oxygen atoms in total. The van der Waals surface area contributed by atoms with Gasteiger partial charge in [0.15, 0.2) is 0 Å². The third-order valence-electron chi connectivity index (χ3n) is 3.58. The Kier molecular flexibility index (Phi) is 5.83. The predicted molar refractivity (Wildman–Crippen MR) is 83.3 cm³/mol. The van der Waals surface area contributed by atoms with E-state index in [-0.39, 0.29) is 6.10 Å². The average molecular weight is 296 g/mol. The molecule has 5 heteroatoms. The van der Waals surface area contributed by atoms with Crippen LogP contribution in [0.2, 0.25) is 5.02 Å². The minimum atomic E-state index is -0.266. The monoisotopic (exact) mass is 295 g/mol. The van der Waals surface area contributed by atoms with Crippen LogP contribution in [-0.2, 0) is 0 Å².